The van der Waals surface area contributed by atoms with Crippen molar-refractivity contribution in [1.29, 1.82) is 0 Å². The Morgan fingerprint density at radius 2 is 1.97 bits per heavy atom. The predicted octanol–water partition coefficient (Wildman–Crippen LogP) is 3.87. The third-order valence-corrected chi connectivity index (χ3v) is 5.62. The van der Waals surface area contributed by atoms with Gasteiger partial charge < -0.3 is 14.6 Å². The van der Waals surface area contributed by atoms with E-state index in [0.29, 0.717) is 36.3 Å². The minimum absolute atomic E-state index is 0.0733. The topological polar surface area (TPSA) is 80.0 Å². The van der Waals surface area contributed by atoms with E-state index in [-0.39, 0.29) is 18.3 Å². The van der Waals surface area contributed by atoms with Crippen molar-refractivity contribution in [2.45, 2.75) is 19.3 Å². The molecule has 7 nitrogen and oxygen atoms in total. The minimum Gasteiger partial charge on any atom is -0.383 e. The summed E-state index contributed by atoms with van der Waals surface area (Å²) in [6.45, 7) is 5.06. The molecule has 32 heavy (non-hydrogen) atoms. The second kappa shape index (κ2) is 8.92. The number of hydrogen-bond acceptors (Lipinski definition) is 5. The van der Waals surface area contributed by atoms with Crippen LogP contribution in [0.25, 0.3) is 11.1 Å². The SMILES string of the molecule is COCCN1C(=O)CNC1=Nc1cc(C(C)(C)c2ccc(-c3ccccc3F)cc2)no1. The molecular weight excluding hydrogens is 411 g/mol. The zero-order chi connectivity index (χ0) is 22.7. The van der Waals surface area contributed by atoms with Crippen LogP contribution in [0.2, 0.25) is 0 Å². The van der Waals surface area contributed by atoms with E-state index in [4.69, 9.17) is 9.26 Å². The van der Waals surface area contributed by atoms with Gasteiger partial charge in [0, 0.05) is 24.2 Å². The van der Waals surface area contributed by atoms with Gasteiger partial charge in [-0.3, -0.25) is 9.69 Å². The number of benzene rings is 2. The summed E-state index contributed by atoms with van der Waals surface area (Å²) in [4.78, 5) is 18.0. The molecule has 0 saturated carbocycles. The molecular formula is C24H25FN4O3. The maximum absolute atomic E-state index is 14.1. The van der Waals surface area contributed by atoms with Crippen LogP contribution in [0.15, 0.2) is 64.1 Å². The molecule has 1 N–H and O–H groups in total. The Kier molecular flexibility index (Phi) is 6.05. The highest BCUT2D eigenvalue weighted by molar-refractivity contribution is 6.05. The lowest BCUT2D eigenvalue weighted by Crippen LogP contribution is -2.35. The van der Waals surface area contributed by atoms with Gasteiger partial charge in [-0.1, -0.05) is 61.5 Å². The van der Waals surface area contributed by atoms with E-state index in [1.54, 1.807) is 25.3 Å². The first-order valence-electron chi connectivity index (χ1n) is 10.3. The molecule has 1 saturated heterocycles. The van der Waals surface area contributed by atoms with E-state index in [1.807, 2.05) is 44.2 Å². The maximum Gasteiger partial charge on any atom is 0.253 e. The molecule has 1 fully saturated rings. The Morgan fingerprint density at radius 1 is 1.22 bits per heavy atom. The number of carbonyl (C=O) groups is 1. The molecule has 1 aromatic heterocycles. The number of nitrogens with one attached hydrogen (secondary N) is 1. The lowest BCUT2D eigenvalue weighted by atomic mass is 9.81. The van der Waals surface area contributed by atoms with Crippen molar-refractivity contribution in [2.75, 3.05) is 26.8 Å². The lowest BCUT2D eigenvalue weighted by molar-refractivity contribution is -0.125. The second-order valence-corrected chi connectivity index (χ2v) is 8.06. The van der Waals surface area contributed by atoms with Crippen molar-refractivity contribution in [3.63, 3.8) is 0 Å². The van der Waals surface area contributed by atoms with E-state index in [9.17, 15) is 9.18 Å². The molecule has 8 heteroatoms. The van der Waals surface area contributed by atoms with Crippen molar-refractivity contribution in [2.24, 2.45) is 4.99 Å². The van der Waals surface area contributed by atoms with Crippen molar-refractivity contribution in [1.82, 2.24) is 15.4 Å². The number of halogens is 1. The number of amides is 1. The normalized spacial score (nSPS) is 15.4. The fraction of sp³-hybridized carbons (Fsp3) is 0.292. The molecule has 3 aromatic rings. The third-order valence-electron chi connectivity index (χ3n) is 5.62. The first-order chi connectivity index (χ1) is 15.4. The van der Waals surface area contributed by atoms with Gasteiger partial charge in [0.2, 0.25) is 11.9 Å². The van der Waals surface area contributed by atoms with Crippen LogP contribution in [-0.2, 0) is 14.9 Å². The van der Waals surface area contributed by atoms with Gasteiger partial charge in [0.25, 0.3) is 5.88 Å². The molecule has 4 rings (SSSR count). The maximum atomic E-state index is 14.1. The van der Waals surface area contributed by atoms with Gasteiger partial charge in [-0.05, 0) is 17.2 Å². The summed E-state index contributed by atoms with van der Waals surface area (Å²) in [7, 11) is 1.58. The van der Waals surface area contributed by atoms with Crippen LogP contribution in [0, 0.1) is 5.82 Å². The predicted molar refractivity (Wildman–Crippen MR) is 119 cm³/mol. The molecule has 0 bridgehead atoms. The quantitative estimate of drug-likeness (QED) is 0.608. The molecule has 2 aromatic carbocycles. The Morgan fingerprint density at radius 3 is 2.69 bits per heavy atom. The number of nitrogens with zero attached hydrogens (tertiary/aromatic N) is 3. The minimum atomic E-state index is -0.468. The first-order valence-corrected chi connectivity index (χ1v) is 10.3. The second-order valence-electron chi connectivity index (χ2n) is 8.06. The molecule has 1 aliphatic heterocycles. The highest BCUT2D eigenvalue weighted by atomic mass is 19.1. The number of rotatable bonds is 7. The molecule has 1 aliphatic rings. The summed E-state index contributed by atoms with van der Waals surface area (Å²) in [6.07, 6.45) is 0. The van der Waals surface area contributed by atoms with Gasteiger partial charge in [-0.15, -0.1) is 0 Å². The highest BCUT2D eigenvalue weighted by Gasteiger charge is 2.29. The zero-order valence-electron chi connectivity index (χ0n) is 18.3. The number of guanidine groups is 1. The van der Waals surface area contributed by atoms with Crippen molar-refractivity contribution in [3.8, 4) is 11.1 Å². The van der Waals surface area contributed by atoms with Crippen molar-refractivity contribution in [3.05, 3.63) is 71.7 Å². The van der Waals surface area contributed by atoms with Crippen LogP contribution in [0.5, 0.6) is 0 Å². The average Bonchev–Trinajstić information content (AvgIpc) is 3.40. The lowest BCUT2D eigenvalue weighted by Gasteiger charge is -2.22. The Labute approximate surface area is 185 Å². The van der Waals surface area contributed by atoms with Gasteiger partial charge in [0.05, 0.1) is 25.4 Å². The number of carbonyl (C=O) groups excluding carboxylic acids is 1. The molecule has 0 spiro atoms. The number of aromatic nitrogens is 1. The summed E-state index contributed by atoms with van der Waals surface area (Å²) in [5.41, 5.74) is 2.60. The number of ether oxygens (including phenoxy) is 1. The van der Waals surface area contributed by atoms with E-state index in [2.05, 4.69) is 15.5 Å². The van der Waals surface area contributed by atoms with Gasteiger partial charge in [-0.25, -0.2) is 4.39 Å². The monoisotopic (exact) mass is 436 g/mol. The molecule has 2 heterocycles. The number of methoxy groups -OCH3 is 1. The fourth-order valence-corrected chi connectivity index (χ4v) is 3.60. The third kappa shape index (κ3) is 4.27. The number of aliphatic imine (C=N–C) groups is 1. The summed E-state index contributed by atoms with van der Waals surface area (Å²) in [5.74, 6) is 0.395. The van der Waals surface area contributed by atoms with Crippen LogP contribution in [-0.4, -0.2) is 48.7 Å². The molecule has 1 amide bonds. The first kappa shape index (κ1) is 21.7. The van der Waals surface area contributed by atoms with E-state index < -0.39 is 5.41 Å². The van der Waals surface area contributed by atoms with Crippen LogP contribution in [0.3, 0.4) is 0 Å². The summed E-state index contributed by atoms with van der Waals surface area (Å²) >= 11 is 0. The Hall–Kier alpha value is -3.52. The molecule has 0 radical (unpaired) electrons. The Bertz CT molecular complexity index is 1140. The molecule has 0 aliphatic carbocycles. The summed E-state index contributed by atoms with van der Waals surface area (Å²) in [6, 6.07) is 16.2. The van der Waals surface area contributed by atoms with Gasteiger partial charge in [0.15, 0.2) is 0 Å². The van der Waals surface area contributed by atoms with Gasteiger partial charge in [0.1, 0.15) is 5.82 Å². The van der Waals surface area contributed by atoms with Gasteiger partial charge >= 0.3 is 0 Å². The number of hydrogen-bond donors (Lipinski definition) is 1. The molecule has 166 valence electrons. The van der Waals surface area contributed by atoms with Crippen LogP contribution >= 0.6 is 0 Å². The van der Waals surface area contributed by atoms with E-state index in [0.717, 1.165) is 11.1 Å². The average molecular weight is 436 g/mol. The largest absolute Gasteiger partial charge is 0.383 e. The zero-order valence-corrected chi connectivity index (χ0v) is 18.3. The van der Waals surface area contributed by atoms with Crippen LogP contribution < -0.4 is 5.32 Å². The smallest absolute Gasteiger partial charge is 0.253 e. The van der Waals surface area contributed by atoms with Crippen LogP contribution in [0.4, 0.5) is 10.3 Å². The van der Waals surface area contributed by atoms with Crippen molar-refractivity contribution >= 4 is 17.8 Å². The molecule has 0 unspecified atom stereocenters. The standard InChI is InChI=1S/C24H25FN4O3/c1-24(2,17-10-8-16(9-11-17)18-6-4-5-7-19(18)25)20-14-21(32-28-20)27-23-26-15-22(30)29(23)12-13-31-3/h4-11,14H,12-13,15H2,1-3H3,(H,26,27). The highest BCUT2D eigenvalue weighted by Crippen LogP contribution is 2.34. The summed E-state index contributed by atoms with van der Waals surface area (Å²) < 4.78 is 24.6. The van der Waals surface area contributed by atoms with Crippen molar-refractivity contribution < 1.29 is 18.4 Å². The van der Waals surface area contributed by atoms with E-state index >= 15 is 0 Å². The van der Waals surface area contributed by atoms with E-state index in [1.165, 1.54) is 11.0 Å². The Balaban J connectivity index is 1.55. The van der Waals surface area contributed by atoms with Gasteiger partial charge in [-0.2, -0.15) is 4.99 Å². The molecule has 0 atom stereocenters. The van der Waals surface area contributed by atoms with Crippen LogP contribution in [0.1, 0.15) is 25.1 Å². The fourth-order valence-electron chi connectivity index (χ4n) is 3.60. The summed E-state index contributed by atoms with van der Waals surface area (Å²) in [5, 5.41) is 7.18.